The molecular weight excluding hydrogens is 1390 g/mol. The van der Waals surface area contributed by atoms with Gasteiger partial charge in [-0.2, -0.15) is 0 Å². The number of rotatable bonds is 80. The summed E-state index contributed by atoms with van der Waals surface area (Å²) in [6.07, 6.45) is 74.2. The molecule has 0 aliphatic heterocycles. The number of unbranched alkanes of at least 4 members (excludes halogenated alkanes) is 44. The van der Waals surface area contributed by atoms with E-state index in [1.165, 1.54) is 167 Å². The number of carbonyl (C=O) groups is 4. The summed E-state index contributed by atoms with van der Waals surface area (Å²) in [6.45, 7) is 4.71. The minimum absolute atomic E-state index is 0.174. The minimum atomic E-state index is -4.62. The fraction of sp³-hybridized carbons (Fsp3) is 0.857. The Morgan fingerprint density at radius 3 is 0.679 bits per heavy atom. The van der Waals surface area contributed by atoms with Crippen LogP contribution in [0.4, 0.5) is 0 Å². The van der Waals surface area contributed by atoms with Gasteiger partial charge in [-0.15, -0.1) is 0 Å². The van der Waals surface area contributed by atoms with Gasteiger partial charge in [0.15, 0.2) is 12.2 Å². The summed E-state index contributed by atoms with van der Waals surface area (Å²) < 4.78 is 65.3. The van der Waals surface area contributed by atoms with Crippen molar-refractivity contribution < 1.29 is 95.6 Å². The van der Waals surface area contributed by atoms with Gasteiger partial charge in [-0.1, -0.05) is 282 Å². The van der Waals surface area contributed by atoms with Crippen LogP contribution in [0, 0.1) is 0 Å². The van der Waals surface area contributed by atoms with Crippen molar-refractivity contribution in [2.24, 2.45) is 0 Å². The number of hydrogen-bond donors (Lipinski definition) is 6. The van der Waals surface area contributed by atoms with Crippen molar-refractivity contribution >= 4 is 39.5 Å². The number of esters is 4. The topological polar surface area (TPSA) is 298 Å². The van der Waals surface area contributed by atoms with Gasteiger partial charge in [-0.3, -0.25) is 37.3 Å². The summed E-state index contributed by atoms with van der Waals surface area (Å²) in [7, 11) is -9.23. The standard InChI is InChI=1S/2C42H79O10P/c2*1-3-5-7-9-11-13-15-17-19-21-23-25-27-29-31-33-41(45)49-37-40(38-51-53(47,48)50-36-39(44)35-43)52-42(46)34-32-30-28-26-24-22-20-18-16-14-12-10-8-6-4-2/h2*17-20,39-40,43-44H,3-16,21-38H2,1-2H3,(H,47,48)/b2*19-17-,20-18-/t2*39?,40-/m11/s1. The van der Waals surface area contributed by atoms with Gasteiger partial charge in [0.2, 0.25) is 0 Å². The van der Waals surface area contributed by atoms with Gasteiger partial charge < -0.3 is 49.2 Å². The number of phosphoric acid groups is 2. The van der Waals surface area contributed by atoms with Crippen molar-refractivity contribution in [2.75, 3.05) is 52.9 Å². The van der Waals surface area contributed by atoms with Crippen molar-refractivity contribution in [1.82, 2.24) is 0 Å². The predicted octanol–water partition coefficient (Wildman–Crippen LogP) is 22.0. The zero-order chi connectivity index (χ0) is 78.2. The Morgan fingerprint density at radius 2 is 0.462 bits per heavy atom. The lowest BCUT2D eigenvalue weighted by molar-refractivity contribution is -0.161. The molecular formula is C84H158O20P2. The highest BCUT2D eigenvalue weighted by Crippen LogP contribution is 2.44. The van der Waals surface area contributed by atoms with Crippen LogP contribution < -0.4 is 0 Å². The Kier molecular flexibility index (Phi) is 80.6. The zero-order valence-corrected chi connectivity index (χ0v) is 69.3. The molecule has 22 heteroatoms. The number of phosphoric ester groups is 2. The number of aliphatic hydroxyl groups is 4. The first-order chi connectivity index (χ1) is 51.5. The Hall–Kier alpha value is -3.10. The predicted molar refractivity (Wildman–Crippen MR) is 429 cm³/mol. The van der Waals surface area contributed by atoms with Gasteiger partial charge >= 0.3 is 39.5 Å². The maximum absolute atomic E-state index is 12.6. The van der Waals surface area contributed by atoms with Crippen molar-refractivity contribution in [3.8, 4) is 0 Å². The molecule has 624 valence electrons. The highest BCUT2D eigenvalue weighted by Gasteiger charge is 2.29. The normalized spacial score (nSPS) is 14.1. The van der Waals surface area contributed by atoms with E-state index in [9.17, 15) is 48.3 Å². The van der Waals surface area contributed by atoms with Crippen LogP contribution in [0.3, 0.4) is 0 Å². The summed E-state index contributed by atoms with van der Waals surface area (Å²) in [5.41, 5.74) is 0. The zero-order valence-electron chi connectivity index (χ0n) is 67.5. The Morgan fingerprint density at radius 1 is 0.274 bits per heavy atom. The van der Waals surface area contributed by atoms with Gasteiger partial charge in [0.05, 0.1) is 39.6 Å². The molecule has 0 fully saturated rings. The molecule has 6 N–H and O–H groups in total. The average Bonchev–Trinajstić information content (AvgIpc) is 0.929. The van der Waals surface area contributed by atoms with E-state index in [-0.39, 0.29) is 38.9 Å². The number of ether oxygens (including phenoxy) is 4. The molecule has 0 spiro atoms. The average molecular weight is 1550 g/mol. The minimum Gasteiger partial charge on any atom is -0.462 e. The molecule has 0 aromatic heterocycles. The van der Waals surface area contributed by atoms with E-state index in [2.05, 4.69) is 85.4 Å². The molecule has 0 saturated carbocycles. The number of hydrogen-bond acceptors (Lipinski definition) is 18. The van der Waals surface area contributed by atoms with E-state index in [4.69, 9.17) is 38.2 Å². The Balaban J connectivity index is 0. The van der Waals surface area contributed by atoms with Gasteiger partial charge in [-0.05, 0) is 128 Å². The molecule has 4 unspecified atom stereocenters. The number of aliphatic hydroxyl groups excluding tert-OH is 4. The molecule has 0 aliphatic rings. The lowest BCUT2D eigenvalue weighted by Gasteiger charge is -2.20. The van der Waals surface area contributed by atoms with E-state index in [1.54, 1.807) is 0 Å². The van der Waals surface area contributed by atoms with Crippen LogP contribution in [0.25, 0.3) is 0 Å². The summed E-state index contributed by atoms with van der Waals surface area (Å²) >= 11 is 0. The third-order valence-corrected chi connectivity index (χ3v) is 20.1. The fourth-order valence-corrected chi connectivity index (χ4v) is 13.1. The summed E-state index contributed by atoms with van der Waals surface area (Å²) in [6, 6.07) is 0. The van der Waals surface area contributed by atoms with Crippen LogP contribution in [0.15, 0.2) is 48.6 Å². The first-order valence-corrected chi connectivity index (χ1v) is 45.6. The molecule has 0 bridgehead atoms. The molecule has 0 radical (unpaired) electrons. The first-order valence-electron chi connectivity index (χ1n) is 42.6. The number of carbonyl (C=O) groups excluding carboxylic acids is 4. The van der Waals surface area contributed by atoms with Crippen LogP contribution in [0.2, 0.25) is 0 Å². The molecule has 0 aromatic rings. The lowest BCUT2D eigenvalue weighted by Crippen LogP contribution is -2.29. The van der Waals surface area contributed by atoms with Crippen LogP contribution in [0.1, 0.15) is 387 Å². The first kappa shape index (κ1) is 105. The van der Waals surface area contributed by atoms with Crippen molar-refractivity contribution in [3.05, 3.63) is 48.6 Å². The van der Waals surface area contributed by atoms with Crippen LogP contribution in [-0.2, 0) is 65.4 Å². The Bertz CT molecular complexity index is 2030. The molecule has 20 nitrogen and oxygen atoms in total. The second-order valence-corrected chi connectivity index (χ2v) is 31.6. The van der Waals surface area contributed by atoms with Crippen molar-refractivity contribution in [2.45, 2.75) is 412 Å². The number of allylic oxidation sites excluding steroid dienone is 8. The highest BCUT2D eigenvalue weighted by molar-refractivity contribution is 7.47. The van der Waals surface area contributed by atoms with Gasteiger partial charge in [-0.25, -0.2) is 9.13 Å². The maximum atomic E-state index is 12.6. The van der Waals surface area contributed by atoms with Crippen LogP contribution in [-0.4, -0.2) is 131 Å². The summed E-state index contributed by atoms with van der Waals surface area (Å²) in [5, 5.41) is 36.6. The van der Waals surface area contributed by atoms with E-state index in [0.29, 0.717) is 25.7 Å². The second-order valence-electron chi connectivity index (χ2n) is 28.7. The van der Waals surface area contributed by atoms with Gasteiger partial charge in [0.25, 0.3) is 0 Å². The van der Waals surface area contributed by atoms with Crippen molar-refractivity contribution in [1.29, 1.82) is 0 Å². The van der Waals surface area contributed by atoms with Crippen LogP contribution in [0.5, 0.6) is 0 Å². The third-order valence-electron chi connectivity index (χ3n) is 18.2. The second kappa shape index (κ2) is 81.4. The summed E-state index contributed by atoms with van der Waals surface area (Å²) in [4.78, 5) is 69.9. The van der Waals surface area contributed by atoms with Gasteiger partial charge in [0, 0.05) is 25.7 Å². The quantitative estimate of drug-likeness (QED) is 0.0108. The molecule has 0 amide bonds. The molecule has 0 aliphatic carbocycles. The summed E-state index contributed by atoms with van der Waals surface area (Å²) in [5.74, 6) is -1.88. The maximum Gasteiger partial charge on any atom is 0.472 e. The molecule has 0 heterocycles. The fourth-order valence-electron chi connectivity index (χ4n) is 11.5. The smallest absolute Gasteiger partial charge is 0.462 e. The van der Waals surface area contributed by atoms with E-state index < -0.39 is 104 Å². The highest BCUT2D eigenvalue weighted by atomic mass is 31.2. The molecule has 0 rings (SSSR count). The monoisotopic (exact) mass is 1550 g/mol. The third kappa shape index (κ3) is 81.9. The van der Waals surface area contributed by atoms with E-state index in [1.807, 2.05) is 0 Å². The van der Waals surface area contributed by atoms with E-state index in [0.717, 1.165) is 141 Å². The van der Waals surface area contributed by atoms with E-state index >= 15 is 0 Å². The van der Waals surface area contributed by atoms with Gasteiger partial charge in [0.1, 0.15) is 25.4 Å². The molecule has 6 atom stereocenters. The molecule has 106 heavy (non-hydrogen) atoms. The van der Waals surface area contributed by atoms with Crippen LogP contribution >= 0.6 is 15.6 Å². The SMILES string of the molecule is CCCCCCCC/C=C\CCCCCCCC(=O)OC[C@H](COP(=O)(O)OCC(O)CO)OC(=O)CCCCCCC/C=C\CCCCCCCC.CCCCCCCC/C=C\CCCCCCCC(=O)OC[C@H](COP(=O)(O)OCC(O)CO)OC(=O)CCCCCCC/C=C\CCCCCCCC. The Labute approximate surface area is 645 Å². The molecule has 0 aromatic carbocycles. The largest absolute Gasteiger partial charge is 0.472 e. The molecule has 0 saturated heterocycles. The van der Waals surface area contributed by atoms with Crippen molar-refractivity contribution in [3.63, 3.8) is 0 Å². The lowest BCUT2D eigenvalue weighted by atomic mass is 10.1.